The van der Waals surface area contributed by atoms with E-state index in [2.05, 4.69) is 24.1 Å². The third-order valence-corrected chi connectivity index (χ3v) is 5.47. The van der Waals surface area contributed by atoms with E-state index in [0.29, 0.717) is 29.3 Å². The van der Waals surface area contributed by atoms with Crippen LogP contribution in [0.3, 0.4) is 0 Å². The van der Waals surface area contributed by atoms with E-state index in [0.717, 1.165) is 16.6 Å². The number of benzene rings is 2. The molecule has 0 aliphatic heterocycles. The van der Waals surface area contributed by atoms with Gasteiger partial charge in [-0.05, 0) is 30.0 Å². The Labute approximate surface area is 191 Å². The molecule has 8 heteroatoms. The molecule has 0 bridgehead atoms. The van der Waals surface area contributed by atoms with Gasteiger partial charge in [-0.1, -0.05) is 62.4 Å². The Morgan fingerprint density at radius 3 is 2.30 bits per heavy atom. The molecule has 0 spiro atoms. The molecule has 1 N–H and O–H groups in total. The zero-order valence-corrected chi connectivity index (χ0v) is 18.8. The molecule has 1 amide bonds. The van der Waals surface area contributed by atoms with Gasteiger partial charge in [0.25, 0.3) is 5.56 Å². The van der Waals surface area contributed by atoms with Crippen molar-refractivity contribution in [3.63, 3.8) is 0 Å². The number of carbonyl (C=O) groups excluding carboxylic acids is 1. The van der Waals surface area contributed by atoms with Gasteiger partial charge >= 0.3 is 5.69 Å². The van der Waals surface area contributed by atoms with Crippen LogP contribution in [0.25, 0.3) is 11.2 Å². The third-order valence-electron chi connectivity index (χ3n) is 5.47. The lowest BCUT2D eigenvalue weighted by Crippen LogP contribution is -2.43. The van der Waals surface area contributed by atoms with E-state index in [4.69, 9.17) is 0 Å². The van der Waals surface area contributed by atoms with Crippen molar-refractivity contribution in [1.29, 1.82) is 0 Å². The fraction of sp³-hybridized carbons (Fsp3) is 0.280. The maximum atomic E-state index is 13.4. The molecule has 2 aromatic carbocycles. The largest absolute Gasteiger partial charge is 0.333 e. The minimum atomic E-state index is -0.561. The average Bonchev–Trinajstić information content (AvgIpc) is 3.23. The number of carbonyl (C=O) groups is 1. The number of nitrogens with one attached hydrogen (secondary N) is 1. The fourth-order valence-electron chi connectivity index (χ4n) is 3.72. The number of imidazole rings is 1. The van der Waals surface area contributed by atoms with Crippen LogP contribution in [0.15, 0.2) is 76.6 Å². The Morgan fingerprint density at radius 1 is 0.970 bits per heavy atom. The van der Waals surface area contributed by atoms with Crippen LogP contribution < -0.4 is 16.6 Å². The van der Waals surface area contributed by atoms with Crippen LogP contribution >= 0.6 is 0 Å². The van der Waals surface area contributed by atoms with E-state index in [1.54, 1.807) is 35.2 Å². The highest BCUT2D eigenvalue weighted by molar-refractivity contribution is 5.90. The third kappa shape index (κ3) is 4.95. The number of rotatable bonds is 8. The minimum absolute atomic E-state index is 0.248. The van der Waals surface area contributed by atoms with E-state index in [1.165, 1.54) is 4.57 Å². The summed E-state index contributed by atoms with van der Waals surface area (Å²) < 4.78 is 4.25. The maximum absolute atomic E-state index is 13.4. The van der Waals surface area contributed by atoms with E-state index in [-0.39, 0.29) is 13.1 Å². The summed E-state index contributed by atoms with van der Waals surface area (Å²) >= 11 is 0. The van der Waals surface area contributed by atoms with Gasteiger partial charge in [0.05, 0.1) is 12.9 Å². The van der Waals surface area contributed by atoms with Crippen molar-refractivity contribution in [2.24, 2.45) is 5.92 Å². The second-order valence-corrected chi connectivity index (χ2v) is 8.45. The predicted molar refractivity (Wildman–Crippen MR) is 128 cm³/mol. The molecule has 8 nitrogen and oxygen atoms in total. The molecule has 0 saturated heterocycles. The van der Waals surface area contributed by atoms with Crippen LogP contribution in [0.5, 0.6) is 0 Å². The number of fused-ring (bicyclic) bond motifs is 1. The smallest absolute Gasteiger partial charge is 0.325 e. The lowest BCUT2D eigenvalue weighted by Gasteiger charge is -2.13. The van der Waals surface area contributed by atoms with Gasteiger partial charge in [0.2, 0.25) is 5.91 Å². The standard InChI is InChI=1S/C25H27N5O3/c1-18(2)13-14-28-17-26-23-22(28)24(32)30(16-21(31)27-20-11-7-4-8-12-20)25(33)29(23)15-19-9-5-3-6-10-19/h3-12,17-18H,13-16H2,1-2H3,(H,27,31). The summed E-state index contributed by atoms with van der Waals surface area (Å²) in [6, 6.07) is 18.4. The monoisotopic (exact) mass is 445 g/mol. The quantitative estimate of drug-likeness (QED) is 0.451. The summed E-state index contributed by atoms with van der Waals surface area (Å²) in [6.45, 7) is 4.68. The molecule has 4 aromatic rings. The Kier molecular flexibility index (Phi) is 6.53. The highest BCUT2D eigenvalue weighted by atomic mass is 16.2. The Hall–Kier alpha value is -3.94. The van der Waals surface area contributed by atoms with Crippen molar-refractivity contribution in [3.8, 4) is 0 Å². The van der Waals surface area contributed by atoms with Gasteiger partial charge in [-0.15, -0.1) is 0 Å². The summed E-state index contributed by atoms with van der Waals surface area (Å²) in [5.74, 6) is -0.00388. The molecule has 2 heterocycles. The van der Waals surface area contributed by atoms with Crippen LogP contribution in [-0.2, 0) is 24.4 Å². The second-order valence-electron chi connectivity index (χ2n) is 8.45. The SMILES string of the molecule is CC(C)CCn1cnc2c1c(=O)n(CC(=O)Nc1ccccc1)c(=O)n2Cc1ccccc1. The number of amides is 1. The second kappa shape index (κ2) is 9.68. The highest BCUT2D eigenvalue weighted by Crippen LogP contribution is 2.12. The van der Waals surface area contributed by atoms with Crippen molar-refractivity contribution in [1.82, 2.24) is 18.7 Å². The molecule has 0 saturated carbocycles. The molecule has 2 aromatic heterocycles. The summed E-state index contributed by atoms with van der Waals surface area (Å²) in [5.41, 5.74) is 1.09. The number of hydrogen-bond acceptors (Lipinski definition) is 4. The van der Waals surface area contributed by atoms with Crippen LogP contribution in [0.1, 0.15) is 25.8 Å². The first-order valence-electron chi connectivity index (χ1n) is 11.0. The average molecular weight is 446 g/mol. The number of aryl methyl sites for hydroxylation is 1. The Balaban J connectivity index is 1.79. The molecule has 170 valence electrons. The van der Waals surface area contributed by atoms with Gasteiger partial charge in [-0.2, -0.15) is 0 Å². The predicted octanol–water partition coefficient (Wildman–Crippen LogP) is 3.09. The molecule has 0 atom stereocenters. The zero-order valence-electron chi connectivity index (χ0n) is 18.8. The van der Waals surface area contributed by atoms with Crippen LogP contribution in [0.2, 0.25) is 0 Å². The molecule has 0 aliphatic carbocycles. The van der Waals surface area contributed by atoms with Crippen LogP contribution in [0, 0.1) is 5.92 Å². The van der Waals surface area contributed by atoms with Gasteiger partial charge in [0.1, 0.15) is 6.54 Å². The van der Waals surface area contributed by atoms with Gasteiger partial charge < -0.3 is 9.88 Å². The minimum Gasteiger partial charge on any atom is -0.325 e. The van der Waals surface area contributed by atoms with Crippen molar-refractivity contribution < 1.29 is 4.79 Å². The first kappa shape index (κ1) is 22.3. The van der Waals surface area contributed by atoms with Crippen LogP contribution in [-0.4, -0.2) is 24.6 Å². The van der Waals surface area contributed by atoms with Gasteiger partial charge in [-0.3, -0.25) is 14.2 Å². The van der Waals surface area contributed by atoms with Gasteiger partial charge in [0, 0.05) is 12.2 Å². The lowest BCUT2D eigenvalue weighted by molar-refractivity contribution is -0.116. The zero-order chi connectivity index (χ0) is 23.4. The van der Waals surface area contributed by atoms with Crippen LogP contribution in [0.4, 0.5) is 5.69 Å². The van der Waals surface area contributed by atoms with Crippen molar-refractivity contribution >= 4 is 22.8 Å². The highest BCUT2D eigenvalue weighted by Gasteiger charge is 2.20. The first-order valence-corrected chi connectivity index (χ1v) is 11.0. The summed E-state index contributed by atoms with van der Waals surface area (Å²) in [4.78, 5) is 43.8. The Bertz CT molecular complexity index is 1370. The molecule has 4 rings (SSSR count). The number of hydrogen-bond donors (Lipinski definition) is 1. The number of anilines is 1. The van der Waals surface area contributed by atoms with E-state index < -0.39 is 17.2 Å². The number of para-hydroxylation sites is 1. The van der Waals surface area contributed by atoms with Crippen molar-refractivity contribution in [2.45, 2.75) is 39.9 Å². The summed E-state index contributed by atoms with van der Waals surface area (Å²) in [5, 5.41) is 2.74. The van der Waals surface area contributed by atoms with Gasteiger partial charge in [-0.25, -0.2) is 14.3 Å². The number of aromatic nitrogens is 4. The molecule has 33 heavy (non-hydrogen) atoms. The fourth-order valence-corrected chi connectivity index (χ4v) is 3.72. The van der Waals surface area contributed by atoms with Crippen molar-refractivity contribution in [3.05, 3.63) is 93.4 Å². The molecular formula is C25H27N5O3. The molecule has 0 fully saturated rings. The molecular weight excluding hydrogens is 418 g/mol. The van der Waals surface area contributed by atoms with E-state index in [9.17, 15) is 14.4 Å². The topological polar surface area (TPSA) is 90.9 Å². The van der Waals surface area contributed by atoms with E-state index >= 15 is 0 Å². The first-order chi connectivity index (χ1) is 15.9. The molecule has 0 radical (unpaired) electrons. The van der Waals surface area contributed by atoms with E-state index in [1.807, 2.05) is 36.4 Å². The summed E-state index contributed by atoms with van der Waals surface area (Å²) in [6.07, 6.45) is 2.46. The molecule has 0 unspecified atom stereocenters. The normalized spacial score (nSPS) is 11.2. The van der Waals surface area contributed by atoms with Gasteiger partial charge in [0.15, 0.2) is 11.2 Å². The summed E-state index contributed by atoms with van der Waals surface area (Å²) in [7, 11) is 0. The maximum Gasteiger partial charge on any atom is 0.333 e. The molecule has 0 aliphatic rings. The lowest BCUT2D eigenvalue weighted by atomic mass is 10.1. The number of nitrogens with zero attached hydrogens (tertiary/aromatic N) is 4. The van der Waals surface area contributed by atoms with Crippen molar-refractivity contribution in [2.75, 3.05) is 5.32 Å². The Morgan fingerprint density at radius 2 is 1.64 bits per heavy atom.